The summed E-state index contributed by atoms with van der Waals surface area (Å²) in [6, 6.07) is 20.4. The molecule has 0 bridgehead atoms. The maximum atomic E-state index is 13.9. The summed E-state index contributed by atoms with van der Waals surface area (Å²) in [4.78, 5) is 42.1. The van der Waals surface area contributed by atoms with Gasteiger partial charge in [0.1, 0.15) is 6.04 Å². The molecule has 0 spiro atoms. The number of thioether (sulfide) groups is 1. The molecule has 4 rings (SSSR count). The second kappa shape index (κ2) is 12.8. The number of nitrogen functional groups attached to an aromatic ring is 1. The highest BCUT2D eigenvalue weighted by atomic mass is 32.2. The standard InChI is InChI=1S/C32H38N4O4S/c1-20-11-8-9-14-23(20)18-34-30(39)28-32(3,4)41-19-36(28)31(40)27(37)26(17-22-12-6-5-7-13-22)35-29(38)24-15-10-16-25(33)21(24)2/h5-16,26-28,37H,17-19,33H2,1-4H3,(H,34,39)(H,35,38)/t26-,27-,28+/m0/s1. The summed E-state index contributed by atoms with van der Waals surface area (Å²) < 4.78 is -0.581. The van der Waals surface area contributed by atoms with Crippen molar-refractivity contribution in [1.82, 2.24) is 15.5 Å². The van der Waals surface area contributed by atoms with Crippen LogP contribution in [0.5, 0.6) is 0 Å². The van der Waals surface area contributed by atoms with Gasteiger partial charge in [0.05, 0.1) is 11.9 Å². The zero-order chi connectivity index (χ0) is 29.7. The highest BCUT2D eigenvalue weighted by Gasteiger charge is 2.49. The van der Waals surface area contributed by atoms with Gasteiger partial charge in [-0.1, -0.05) is 60.7 Å². The Morgan fingerprint density at radius 2 is 1.71 bits per heavy atom. The number of carbonyl (C=O) groups is 3. The van der Waals surface area contributed by atoms with Gasteiger partial charge < -0.3 is 26.4 Å². The van der Waals surface area contributed by atoms with Crippen molar-refractivity contribution in [2.45, 2.75) is 63.6 Å². The zero-order valence-electron chi connectivity index (χ0n) is 23.9. The van der Waals surface area contributed by atoms with Crippen LogP contribution in [0.2, 0.25) is 0 Å². The van der Waals surface area contributed by atoms with Crippen LogP contribution in [0.3, 0.4) is 0 Å². The van der Waals surface area contributed by atoms with Crippen LogP contribution in [0.1, 0.15) is 46.5 Å². The van der Waals surface area contributed by atoms with Crippen LogP contribution in [-0.2, 0) is 22.6 Å². The second-order valence-electron chi connectivity index (χ2n) is 11.0. The number of amides is 3. The van der Waals surface area contributed by atoms with E-state index in [9.17, 15) is 19.5 Å². The first-order chi connectivity index (χ1) is 19.5. The van der Waals surface area contributed by atoms with Gasteiger partial charge in [0, 0.05) is 22.5 Å². The van der Waals surface area contributed by atoms with Crippen molar-refractivity contribution < 1.29 is 19.5 Å². The highest BCUT2D eigenvalue weighted by Crippen LogP contribution is 2.40. The summed E-state index contributed by atoms with van der Waals surface area (Å²) in [5.41, 5.74) is 10.4. The van der Waals surface area contributed by atoms with Crippen molar-refractivity contribution >= 4 is 35.2 Å². The third kappa shape index (κ3) is 6.92. The lowest BCUT2D eigenvalue weighted by Crippen LogP contribution is -2.58. The molecule has 3 aromatic carbocycles. The average molecular weight is 575 g/mol. The van der Waals surface area contributed by atoms with Crippen LogP contribution >= 0.6 is 11.8 Å². The molecule has 3 aromatic rings. The first-order valence-corrected chi connectivity index (χ1v) is 14.6. The topological polar surface area (TPSA) is 125 Å². The van der Waals surface area contributed by atoms with Gasteiger partial charge in [-0.3, -0.25) is 14.4 Å². The Balaban J connectivity index is 1.56. The normalized spacial score (nSPS) is 17.5. The molecule has 9 heteroatoms. The number of aryl methyl sites for hydroxylation is 1. The summed E-state index contributed by atoms with van der Waals surface area (Å²) in [5.74, 6) is -1.09. The van der Waals surface area contributed by atoms with Crippen LogP contribution in [-0.4, -0.2) is 56.5 Å². The predicted octanol–water partition coefficient (Wildman–Crippen LogP) is 3.58. The van der Waals surface area contributed by atoms with Gasteiger partial charge in [0.25, 0.3) is 11.8 Å². The van der Waals surface area contributed by atoms with Crippen LogP contribution < -0.4 is 16.4 Å². The predicted molar refractivity (Wildman–Crippen MR) is 163 cm³/mol. The fraction of sp³-hybridized carbons (Fsp3) is 0.344. The van der Waals surface area contributed by atoms with E-state index in [2.05, 4.69) is 10.6 Å². The van der Waals surface area contributed by atoms with Crippen LogP contribution in [0, 0.1) is 13.8 Å². The van der Waals surface area contributed by atoms with E-state index in [4.69, 9.17) is 5.73 Å². The molecule has 1 fully saturated rings. The fourth-order valence-electron chi connectivity index (χ4n) is 5.10. The number of anilines is 1. The van der Waals surface area contributed by atoms with Crippen LogP contribution in [0.25, 0.3) is 0 Å². The van der Waals surface area contributed by atoms with E-state index in [-0.39, 0.29) is 18.2 Å². The second-order valence-corrected chi connectivity index (χ2v) is 12.6. The summed E-state index contributed by atoms with van der Waals surface area (Å²) in [5, 5.41) is 17.3. The number of rotatable bonds is 9. The van der Waals surface area contributed by atoms with Crippen molar-refractivity contribution in [2.75, 3.05) is 11.6 Å². The molecule has 0 aromatic heterocycles. The maximum absolute atomic E-state index is 13.9. The van der Waals surface area contributed by atoms with Gasteiger partial charge in [0.2, 0.25) is 5.91 Å². The van der Waals surface area contributed by atoms with Gasteiger partial charge in [0.15, 0.2) is 6.10 Å². The maximum Gasteiger partial charge on any atom is 0.254 e. The lowest BCUT2D eigenvalue weighted by atomic mass is 9.96. The van der Waals surface area contributed by atoms with Crippen molar-refractivity contribution in [2.24, 2.45) is 0 Å². The molecule has 3 atom stereocenters. The minimum Gasteiger partial charge on any atom is -0.398 e. The molecule has 1 heterocycles. The Morgan fingerprint density at radius 1 is 1.02 bits per heavy atom. The third-order valence-electron chi connectivity index (χ3n) is 7.66. The molecule has 5 N–H and O–H groups in total. The smallest absolute Gasteiger partial charge is 0.254 e. The van der Waals surface area contributed by atoms with Crippen molar-refractivity contribution in [3.8, 4) is 0 Å². The zero-order valence-corrected chi connectivity index (χ0v) is 24.7. The number of aliphatic hydroxyl groups excluding tert-OH is 1. The summed E-state index contributed by atoms with van der Waals surface area (Å²) >= 11 is 1.48. The molecule has 3 amide bonds. The number of nitrogens with one attached hydrogen (secondary N) is 2. The Bertz CT molecular complexity index is 1410. The fourth-order valence-corrected chi connectivity index (χ4v) is 6.24. The van der Waals surface area contributed by atoms with Gasteiger partial charge in [-0.05, 0) is 68.5 Å². The Hall–Kier alpha value is -3.82. The Kier molecular flexibility index (Phi) is 9.40. The lowest BCUT2D eigenvalue weighted by molar-refractivity contribution is -0.147. The summed E-state index contributed by atoms with van der Waals surface area (Å²) in [6.07, 6.45) is -1.36. The monoisotopic (exact) mass is 574 g/mol. The van der Waals surface area contributed by atoms with E-state index in [1.165, 1.54) is 16.7 Å². The van der Waals surface area contributed by atoms with E-state index in [0.29, 0.717) is 23.4 Å². The van der Waals surface area contributed by atoms with Crippen molar-refractivity contribution in [3.63, 3.8) is 0 Å². The SMILES string of the molecule is Cc1ccccc1CNC(=O)[C@H]1N(C(=O)[C@@H](O)[C@H](Cc2ccccc2)NC(=O)c2cccc(N)c2C)CSC1(C)C. The largest absolute Gasteiger partial charge is 0.398 e. The summed E-state index contributed by atoms with van der Waals surface area (Å²) in [7, 11) is 0. The molecule has 0 radical (unpaired) electrons. The van der Waals surface area contributed by atoms with Gasteiger partial charge >= 0.3 is 0 Å². The quantitative estimate of drug-likeness (QED) is 0.290. The number of hydrogen-bond acceptors (Lipinski definition) is 6. The van der Waals surface area contributed by atoms with E-state index in [1.54, 1.807) is 25.1 Å². The Morgan fingerprint density at radius 3 is 2.41 bits per heavy atom. The number of nitrogens with zero attached hydrogens (tertiary/aromatic N) is 1. The molecular formula is C32H38N4O4S. The number of nitrogens with two attached hydrogens (primary N) is 1. The molecular weight excluding hydrogens is 536 g/mol. The van der Waals surface area contributed by atoms with E-state index in [1.807, 2.05) is 75.4 Å². The molecule has 0 unspecified atom stereocenters. The third-order valence-corrected chi connectivity index (χ3v) is 9.04. The Labute approximate surface area is 245 Å². The molecule has 216 valence electrons. The molecule has 1 aliphatic rings. The van der Waals surface area contributed by atoms with Crippen LogP contribution in [0.15, 0.2) is 72.8 Å². The molecule has 41 heavy (non-hydrogen) atoms. The minimum atomic E-state index is -1.58. The van der Waals surface area contributed by atoms with E-state index >= 15 is 0 Å². The number of hydrogen-bond donors (Lipinski definition) is 4. The van der Waals surface area contributed by atoms with Gasteiger partial charge in [-0.15, -0.1) is 11.8 Å². The molecule has 1 aliphatic heterocycles. The van der Waals surface area contributed by atoms with Gasteiger partial charge in [-0.25, -0.2) is 0 Å². The molecule has 1 saturated heterocycles. The van der Waals surface area contributed by atoms with Crippen molar-refractivity contribution in [3.05, 3.63) is 101 Å². The minimum absolute atomic E-state index is 0.218. The van der Waals surface area contributed by atoms with E-state index in [0.717, 1.165) is 16.7 Å². The first kappa shape index (κ1) is 30.1. The molecule has 0 saturated carbocycles. The summed E-state index contributed by atoms with van der Waals surface area (Å²) in [6.45, 7) is 7.90. The van der Waals surface area contributed by atoms with Crippen molar-refractivity contribution in [1.29, 1.82) is 0 Å². The molecule has 0 aliphatic carbocycles. The number of carbonyl (C=O) groups excluding carboxylic acids is 3. The molecule has 8 nitrogen and oxygen atoms in total. The lowest BCUT2D eigenvalue weighted by Gasteiger charge is -2.33. The number of aliphatic hydroxyl groups is 1. The first-order valence-electron chi connectivity index (χ1n) is 13.6. The van der Waals surface area contributed by atoms with Crippen LogP contribution in [0.4, 0.5) is 5.69 Å². The van der Waals surface area contributed by atoms with Gasteiger partial charge in [-0.2, -0.15) is 0 Å². The average Bonchev–Trinajstić information content (AvgIpc) is 3.28. The number of benzene rings is 3. The highest BCUT2D eigenvalue weighted by molar-refractivity contribution is 8.00. The van der Waals surface area contributed by atoms with E-state index < -0.39 is 34.7 Å².